The first-order chi connectivity index (χ1) is 8.40. The van der Waals surface area contributed by atoms with Crippen molar-refractivity contribution in [3.05, 3.63) is 0 Å². The van der Waals surface area contributed by atoms with E-state index in [4.69, 9.17) is 0 Å². The van der Waals surface area contributed by atoms with Crippen molar-refractivity contribution in [2.75, 3.05) is 47.3 Å². The Balaban J connectivity index is 2.33. The Bertz CT molecular complexity index is 297. The lowest BCUT2D eigenvalue weighted by atomic mass is 9.99. The lowest BCUT2D eigenvalue weighted by Crippen LogP contribution is -2.45. The molecule has 1 aliphatic rings. The third kappa shape index (κ3) is 4.64. The minimum Gasteiger partial charge on any atom is -0.348 e. The Hall–Kier alpha value is -1.10. The molecule has 0 N–H and O–H groups in total. The predicted molar refractivity (Wildman–Crippen MR) is 71.2 cm³/mol. The number of carbonyl (C=O) groups is 2. The summed E-state index contributed by atoms with van der Waals surface area (Å²) in [6.45, 7) is 4.56. The number of hydrogen-bond donors (Lipinski definition) is 0. The molecule has 0 unspecified atom stereocenters. The fourth-order valence-corrected chi connectivity index (χ4v) is 2.02. The van der Waals surface area contributed by atoms with Gasteiger partial charge in [0, 0.05) is 27.2 Å². The summed E-state index contributed by atoms with van der Waals surface area (Å²) in [6, 6.07) is 0. The van der Waals surface area contributed by atoms with Crippen LogP contribution in [0, 0.1) is 5.92 Å². The molecule has 5 nitrogen and oxygen atoms in total. The molecule has 0 aliphatic carbocycles. The average Bonchev–Trinajstić information content (AvgIpc) is 2.29. The van der Waals surface area contributed by atoms with Gasteiger partial charge in [-0.1, -0.05) is 6.92 Å². The van der Waals surface area contributed by atoms with E-state index in [9.17, 15) is 9.59 Å². The molecule has 0 saturated carbocycles. The molecule has 0 aromatic carbocycles. The topological polar surface area (TPSA) is 43.9 Å². The zero-order valence-electron chi connectivity index (χ0n) is 12.0. The fraction of sp³-hybridized carbons (Fsp3) is 0.846. The summed E-state index contributed by atoms with van der Waals surface area (Å²) in [5.41, 5.74) is 0. The lowest BCUT2D eigenvalue weighted by molar-refractivity contribution is -0.135. The van der Waals surface area contributed by atoms with Gasteiger partial charge >= 0.3 is 0 Å². The van der Waals surface area contributed by atoms with E-state index in [-0.39, 0.29) is 11.8 Å². The van der Waals surface area contributed by atoms with Gasteiger partial charge in [-0.3, -0.25) is 14.5 Å². The molecule has 5 heteroatoms. The molecule has 1 aliphatic heterocycles. The molecule has 1 heterocycles. The van der Waals surface area contributed by atoms with E-state index in [0.29, 0.717) is 13.1 Å². The largest absolute Gasteiger partial charge is 0.348 e. The van der Waals surface area contributed by atoms with E-state index in [2.05, 4.69) is 6.92 Å². The van der Waals surface area contributed by atoms with E-state index < -0.39 is 0 Å². The standard InChI is InChI=1S/C13H25N3O2/c1-11-5-7-16(8-6-11)13(18)10-15(4)9-12(17)14(2)3/h11H,5-10H2,1-4H3. The Morgan fingerprint density at radius 1 is 1.11 bits per heavy atom. The number of likely N-dealkylation sites (tertiary alicyclic amines) is 1. The van der Waals surface area contributed by atoms with E-state index >= 15 is 0 Å². The first-order valence-electron chi connectivity index (χ1n) is 6.56. The minimum atomic E-state index is 0.0255. The van der Waals surface area contributed by atoms with Gasteiger partial charge in [0.1, 0.15) is 0 Å². The normalized spacial score (nSPS) is 17.1. The van der Waals surface area contributed by atoms with Crippen LogP contribution in [0.1, 0.15) is 19.8 Å². The number of rotatable bonds is 4. The Morgan fingerprint density at radius 3 is 2.17 bits per heavy atom. The second kappa shape index (κ2) is 6.73. The Kier molecular flexibility index (Phi) is 5.59. The second-order valence-electron chi connectivity index (χ2n) is 5.52. The summed E-state index contributed by atoms with van der Waals surface area (Å²) < 4.78 is 0. The van der Waals surface area contributed by atoms with Gasteiger partial charge < -0.3 is 9.80 Å². The highest BCUT2D eigenvalue weighted by Gasteiger charge is 2.21. The molecule has 1 saturated heterocycles. The molecule has 0 spiro atoms. The average molecular weight is 255 g/mol. The number of likely N-dealkylation sites (N-methyl/N-ethyl adjacent to an activating group) is 2. The summed E-state index contributed by atoms with van der Waals surface area (Å²) in [6.07, 6.45) is 2.18. The monoisotopic (exact) mass is 255 g/mol. The van der Waals surface area contributed by atoms with Crippen LogP contribution in [0.25, 0.3) is 0 Å². The Labute approximate surface area is 110 Å². The van der Waals surface area contributed by atoms with Crippen molar-refractivity contribution in [1.29, 1.82) is 0 Å². The van der Waals surface area contributed by atoms with Crippen LogP contribution < -0.4 is 0 Å². The number of nitrogens with zero attached hydrogens (tertiary/aromatic N) is 3. The van der Waals surface area contributed by atoms with Crippen molar-refractivity contribution in [2.45, 2.75) is 19.8 Å². The van der Waals surface area contributed by atoms with Crippen LogP contribution in [-0.2, 0) is 9.59 Å². The predicted octanol–water partition coefficient (Wildman–Crippen LogP) is 0.265. The second-order valence-corrected chi connectivity index (χ2v) is 5.52. The van der Waals surface area contributed by atoms with Crippen LogP contribution in [0.3, 0.4) is 0 Å². The zero-order chi connectivity index (χ0) is 13.7. The summed E-state index contributed by atoms with van der Waals surface area (Å²) in [4.78, 5) is 28.8. The highest BCUT2D eigenvalue weighted by molar-refractivity contribution is 5.81. The highest BCUT2D eigenvalue weighted by atomic mass is 16.2. The number of piperidine rings is 1. The molecule has 0 atom stereocenters. The molecule has 18 heavy (non-hydrogen) atoms. The molecular weight excluding hydrogens is 230 g/mol. The third-order valence-corrected chi connectivity index (χ3v) is 3.45. The van der Waals surface area contributed by atoms with Crippen molar-refractivity contribution in [3.63, 3.8) is 0 Å². The van der Waals surface area contributed by atoms with Crippen LogP contribution >= 0.6 is 0 Å². The maximum absolute atomic E-state index is 12.0. The van der Waals surface area contributed by atoms with Crippen LogP contribution in [0.2, 0.25) is 0 Å². The van der Waals surface area contributed by atoms with Crippen LogP contribution in [-0.4, -0.2) is 73.8 Å². The van der Waals surface area contributed by atoms with Crippen LogP contribution in [0.15, 0.2) is 0 Å². The number of carbonyl (C=O) groups excluding carboxylic acids is 2. The molecule has 1 fully saturated rings. The highest BCUT2D eigenvalue weighted by Crippen LogP contribution is 2.15. The van der Waals surface area contributed by atoms with Crippen molar-refractivity contribution in [1.82, 2.24) is 14.7 Å². The molecule has 0 bridgehead atoms. The van der Waals surface area contributed by atoms with Gasteiger partial charge in [0.05, 0.1) is 13.1 Å². The van der Waals surface area contributed by atoms with E-state index in [1.807, 2.05) is 11.9 Å². The summed E-state index contributed by atoms with van der Waals surface area (Å²) in [7, 11) is 5.26. The van der Waals surface area contributed by atoms with Gasteiger partial charge in [-0.05, 0) is 25.8 Å². The molecule has 2 amide bonds. The first kappa shape index (κ1) is 15.0. The van der Waals surface area contributed by atoms with Gasteiger partial charge in [0.15, 0.2) is 0 Å². The van der Waals surface area contributed by atoms with Gasteiger partial charge in [0.2, 0.25) is 11.8 Å². The van der Waals surface area contributed by atoms with Crippen molar-refractivity contribution in [2.24, 2.45) is 5.92 Å². The maximum Gasteiger partial charge on any atom is 0.236 e. The minimum absolute atomic E-state index is 0.0255. The van der Waals surface area contributed by atoms with Gasteiger partial charge in [-0.2, -0.15) is 0 Å². The molecule has 1 rings (SSSR count). The maximum atomic E-state index is 12.0. The van der Waals surface area contributed by atoms with Gasteiger partial charge in [-0.15, -0.1) is 0 Å². The summed E-state index contributed by atoms with van der Waals surface area (Å²) in [5.74, 6) is 0.885. The van der Waals surface area contributed by atoms with Crippen molar-refractivity contribution < 1.29 is 9.59 Å². The number of hydrogen-bond acceptors (Lipinski definition) is 3. The fourth-order valence-electron chi connectivity index (χ4n) is 2.02. The molecule has 0 radical (unpaired) electrons. The van der Waals surface area contributed by atoms with Crippen LogP contribution in [0.4, 0.5) is 0 Å². The number of amides is 2. The van der Waals surface area contributed by atoms with Gasteiger partial charge in [0.25, 0.3) is 0 Å². The summed E-state index contributed by atoms with van der Waals surface area (Å²) >= 11 is 0. The molecule has 104 valence electrons. The lowest BCUT2D eigenvalue weighted by Gasteiger charge is -2.31. The van der Waals surface area contributed by atoms with Crippen molar-refractivity contribution >= 4 is 11.8 Å². The van der Waals surface area contributed by atoms with Crippen LogP contribution in [0.5, 0.6) is 0 Å². The zero-order valence-corrected chi connectivity index (χ0v) is 12.0. The Morgan fingerprint density at radius 2 is 1.67 bits per heavy atom. The SMILES string of the molecule is CC1CCN(C(=O)CN(C)CC(=O)N(C)C)CC1. The third-order valence-electron chi connectivity index (χ3n) is 3.45. The van der Waals surface area contributed by atoms with E-state index in [1.54, 1.807) is 23.9 Å². The van der Waals surface area contributed by atoms with E-state index in [0.717, 1.165) is 31.8 Å². The van der Waals surface area contributed by atoms with Crippen molar-refractivity contribution in [3.8, 4) is 0 Å². The molecule has 0 aromatic heterocycles. The van der Waals surface area contributed by atoms with Gasteiger partial charge in [-0.25, -0.2) is 0 Å². The first-order valence-corrected chi connectivity index (χ1v) is 6.56. The quantitative estimate of drug-likeness (QED) is 0.724. The summed E-state index contributed by atoms with van der Waals surface area (Å²) in [5, 5.41) is 0. The van der Waals surface area contributed by atoms with E-state index in [1.165, 1.54) is 0 Å². The molecular formula is C13H25N3O2. The smallest absolute Gasteiger partial charge is 0.236 e. The molecule has 0 aromatic rings.